The van der Waals surface area contributed by atoms with Crippen LogP contribution in [0.1, 0.15) is 26.4 Å². The van der Waals surface area contributed by atoms with Crippen molar-refractivity contribution in [3.05, 3.63) is 56.9 Å². The lowest BCUT2D eigenvalue weighted by Gasteiger charge is -2.26. The Balaban J connectivity index is 1.83. The van der Waals surface area contributed by atoms with Gasteiger partial charge in [-0.3, -0.25) is 4.90 Å². The van der Waals surface area contributed by atoms with E-state index in [1.165, 1.54) is 14.2 Å². The molecule has 168 valence electrons. The van der Waals surface area contributed by atoms with Gasteiger partial charge in [-0.15, -0.1) is 11.3 Å². The fraction of sp³-hybridized carbons (Fsp3) is 0.381. The Kier molecular flexibility index (Phi) is 8.26. The number of nitrogens with zero attached hydrogens (tertiary/aromatic N) is 1. The van der Waals surface area contributed by atoms with Crippen LogP contribution in [0.5, 0.6) is 0 Å². The van der Waals surface area contributed by atoms with Crippen molar-refractivity contribution in [1.82, 2.24) is 9.62 Å². The predicted octanol–water partition coefficient (Wildman–Crippen LogP) is 3.10. The van der Waals surface area contributed by atoms with Gasteiger partial charge in [-0.1, -0.05) is 41.9 Å². The molecular weight excluding hydrogens is 460 g/mol. The monoisotopic (exact) mass is 484 g/mol. The van der Waals surface area contributed by atoms with E-state index in [1.807, 2.05) is 36.4 Å². The highest BCUT2D eigenvalue weighted by molar-refractivity contribution is 7.91. The molecule has 10 heteroatoms. The van der Waals surface area contributed by atoms with E-state index in [0.717, 1.165) is 27.3 Å². The number of ether oxygens (including phenoxy) is 2. The summed E-state index contributed by atoms with van der Waals surface area (Å²) in [5, 5.41) is 0.688. The molecule has 1 aliphatic heterocycles. The van der Waals surface area contributed by atoms with Crippen molar-refractivity contribution in [2.24, 2.45) is 0 Å². The van der Waals surface area contributed by atoms with E-state index < -0.39 is 16.0 Å². The lowest BCUT2D eigenvalue weighted by atomic mass is 10.0. The summed E-state index contributed by atoms with van der Waals surface area (Å²) in [5.74, 6) is -0.639. The Bertz CT molecular complexity index is 1050. The number of methoxy groups -OCH3 is 2. The lowest BCUT2D eigenvalue weighted by Crippen LogP contribution is -2.31. The molecule has 0 unspecified atom stereocenters. The Labute approximate surface area is 191 Å². The first-order chi connectivity index (χ1) is 14.9. The van der Waals surface area contributed by atoms with E-state index >= 15 is 0 Å². The lowest BCUT2D eigenvalue weighted by molar-refractivity contribution is 0.0595. The minimum atomic E-state index is -3.86. The summed E-state index contributed by atoms with van der Waals surface area (Å²) < 4.78 is 37.9. The minimum absolute atomic E-state index is 0.00627. The first-order valence-electron chi connectivity index (χ1n) is 9.70. The molecule has 31 heavy (non-hydrogen) atoms. The molecule has 2 heterocycles. The minimum Gasteiger partial charge on any atom is -0.465 e. The van der Waals surface area contributed by atoms with E-state index in [0.29, 0.717) is 31.1 Å². The van der Waals surface area contributed by atoms with Gasteiger partial charge in [0.15, 0.2) is 0 Å². The van der Waals surface area contributed by atoms with E-state index in [2.05, 4.69) is 9.62 Å². The van der Waals surface area contributed by atoms with Crippen LogP contribution in [0.3, 0.4) is 0 Å². The van der Waals surface area contributed by atoms with Crippen LogP contribution in [0, 0.1) is 0 Å². The molecule has 0 spiro atoms. The molecule has 0 saturated carbocycles. The van der Waals surface area contributed by atoms with Crippen molar-refractivity contribution in [2.75, 3.05) is 40.5 Å². The average molecular weight is 485 g/mol. The maximum atomic E-state index is 12.8. The van der Waals surface area contributed by atoms with Gasteiger partial charge in [0, 0.05) is 43.2 Å². The van der Waals surface area contributed by atoms with Gasteiger partial charge < -0.3 is 9.47 Å². The van der Waals surface area contributed by atoms with Crippen LogP contribution in [-0.4, -0.2) is 59.7 Å². The van der Waals surface area contributed by atoms with Crippen LogP contribution in [0.15, 0.2) is 39.6 Å². The first-order valence-corrected chi connectivity index (χ1v) is 12.4. The molecule has 1 aromatic carbocycles. The van der Waals surface area contributed by atoms with Crippen LogP contribution in [0.2, 0.25) is 0 Å². The number of hydrogen-bond acceptors (Lipinski definition) is 7. The molecule has 7 nitrogen and oxygen atoms in total. The van der Waals surface area contributed by atoms with Crippen molar-refractivity contribution >= 4 is 45.0 Å². The van der Waals surface area contributed by atoms with Gasteiger partial charge in [0.1, 0.15) is 4.21 Å². The molecule has 0 bridgehead atoms. The molecular formula is C21H25ClN2O5S2. The van der Waals surface area contributed by atoms with Gasteiger partial charge in [-0.05, 0) is 23.6 Å². The molecule has 1 aliphatic rings. The van der Waals surface area contributed by atoms with Gasteiger partial charge in [0.25, 0.3) is 10.0 Å². The third-order valence-electron chi connectivity index (χ3n) is 4.83. The van der Waals surface area contributed by atoms with Crippen molar-refractivity contribution < 1.29 is 22.7 Å². The van der Waals surface area contributed by atoms with Gasteiger partial charge in [-0.25, -0.2) is 17.9 Å². The number of thiophene rings is 1. The summed E-state index contributed by atoms with van der Waals surface area (Å²) in [6.07, 6.45) is 2.46. The fourth-order valence-electron chi connectivity index (χ4n) is 3.40. The zero-order valence-electron chi connectivity index (χ0n) is 17.4. The average Bonchev–Trinajstić information content (AvgIpc) is 3.13. The molecule has 2 aromatic rings. The second kappa shape index (κ2) is 10.7. The highest BCUT2D eigenvalue weighted by Crippen LogP contribution is 2.36. The number of fused-ring (bicyclic) bond motifs is 1. The second-order valence-corrected chi connectivity index (χ2v) is 10.6. The third-order valence-corrected chi connectivity index (χ3v) is 8.26. The molecule has 3 rings (SSSR count). The van der Waals surface area contributed by atoms with Gasteiger partial charge in [0.05, 0.1) is 19.3 Å². The molecule has 0 aliphatic carbocycles. The number of hydrogen-bond donors (Lipinski definition) is 1. The van der Waals surface area contributed by atoms with Crippen LogP contribution in [0.4, 0.5) is 0 Å². The number of halogens is 1. The summed E-state index contributed by atoms with van der Waals surface area (Å²) in [4.78, 5) is 15.4. The Morgan fingerprint density at radius 3 is 2.71 bits per heavy atom. The van der Waals surface area contributed by atoms with Crippen LogP contribution < -0.4 is 4.72 Å². The van der Waals surface area contributed by atoms with Crippen molar-refractivity contribution in [1.29, 1.82) is 0 Å². The topological polar surface area (TPSA) is 84.9 Å². The summed E-state index contributed by atoms with van der Waals surface area (Å²) in [7, 11) is -1.12. The number of carbonyl (C=O) groups excluding carboxylic acids is 1. The largest absolute Gasteiger partial charge is 0.465 e. The SMILES string of the molecule is COCCNS(=O)(=O)c1sc2c(c1C(=O)OC)CCN(CC(Cl)=Cc1ccccc1)C2. The number of rotatable bonds is 9. The standard InChI is InChI=1S/C21H25ClN2O5S2/c1-28-11-9-23-31(26,27)21-19(20(25)29-2)17-8-10-24(14-18(17)30-21)13-16(22)12-15-6-4-3-5-7-15/h3-7,12,23H,8-11,13-14H2,1-2H3. The highest BCUT2D eigenvalue weighted by atomic mass is 35.5. The first kappa shape index (κ1) is 23.9. The molecule has 0 amide bonds. The van der Waals surface area contributed by atoms with Gasteiger partial charge in [0.2, 0.25) is 0 Å². The van der Waals surface area contributed by atoms with Crippen LogP contribution in [0.25, 0.3) is 6.08 Å². The zero-order chi connectivity index (χ0) is 22.4. The Morgan fingerprint density at radius 1 is 1.29 bits per heavy atom. The number of benzene rings is 1. The van der Waals surface area contributed by atoms with Crippen LogP contribution in [-0.2, 0) is 32.5 Å². The number of carbonyl (C=O) groups is 1. The maximum absolute atomic E-state index is 12.8. The number of sulfonamides is 1. The smallest absolute Gasteiger partial charge is 0.340 e. The van der Waals surface area contributed by atoms with E-state index in [-0.39, 0.29) is 22.9 Å². The molecule has 1 aromatic heterocycles. The quantitative estimate of drug-likeness (QED) is 0.435. The zero-order valence-corrected chi connectivity index (χ0v) is 19.8. The Hall–Kier alpha value is -1.75. The highest BCUT2D eigenvalue weighted by Gasteiger charge is 2.33. The fourth-order valence-corrected chi connectivity index (χ4v) is 6.67. The molecule has 1 N–H and O–H groups in total. The summed E-state index contributed by atoms with van der Waals surface area (Å²) >= 11 is 7.57. The van der Waals surface area contributed by atoms with Crippen molar-refractivity contribution in [3.8, 4) is 0 Å². The van der Waals surface area contributed by atoms with Gasteiger partial charge >= 0.3 is 5.97 Å². The normalized spacial score (nSPS) is 15.0. The Morgan fingerprint density at radius 2 is 2.03 bits per heavy atom. The van der Waals surface area contributed by atoms with Crippen LogP contribution >= 0.6 is 22.9 Å². The van der Waals surface area contributed by atoms with E-state index in [1.54, 1.807) is 0 Å². The van der Waals surface area contributed by atoms with Gasteiger partial charge in [-0.2, -0.15) is 0 Å². The van der Waals surface area contributed by atoms with E-state index in [9.17, 15) is 13.2 Å². The molecule has 0 atom stereocenters. The molecule has 0 radical (unpaired) electrons. The summed E-state index contributed by atoms with van der Waals surface area (Å²) in [6, 6.07) is 9.80. The maximum Gasteiger partial charge on any atom is 0.340 e. The molecule has 0 fully saturated rings. The number of nitrogens with one attached hydrogen (secondary N) is 1. The van der Waals surface area contributed by atoms with E-state index in [4.69, 9.17) is 21.1 Å². The summed E-state index contributed by atoms with van der Waals surface area (Å²) in [6.45, 7) is 2.06. The van der Waals surface area contributed by atoms with Crippen molar-refractivity contribution in [2.45, 2.75) is 17.2 Å². The van der Waals surface area contributed by atoms with Crippen molar-refractivity contribution in [3.63, 3.8) is 0 Å². The molecule has 0 saturated heterocycles. The third kappa shape index (κ3) is 5.94. The number of esters is 1. The predicted molar refractivity (Wildman–Crippen MR) is 122 cm³/mol. The second-order valence-electron chi connectivity index (χ2n) is 7.01. The summed E-state index contributed by atoms with van der Waals surface area (Å²) in [5.41, 5.74) is 1.89.